The van der Waals surface area contributed by atoms with Crippen molar-refractivity contribution in [2.75, 3.05) is 0 Å². The fraction of sp³-hybridized carbons (Fsp3) is 0.700. The monoisotopic (exact) mass is 205 g/mol. The van der Waals surface area contributed by atoms with Crippen molar-refractivity contribution in [2.45, 2.75) is 47.5 Å². The van der Waals surface area contributed by atoms with Crippen LogP contribution in [0, 0.1) is 0 Å². The van der Waals surface area contributed by atoms with Crippen molar-refractivity contribution in [2.24, 2.45) is 16.5 Å². The third kappa shape index (κ3) is 17.3. The van der Waals surface area contributed by atoms with Gasteiger partial charge in [-0.25, -0.2) is 9.38 Å². The summed E-state index contributed by atoms with van der Waals surface area (Å²) >= 11 is 0. The van der Waals surface area contributed by atoms with Crippen molar-refractivity contribution in [3.63, 3.8) is 0 Å². The Bertz CT molecular complexity index is 142. The molecule has 0 fully saturated rings. The van der Waals surface area contributed by atoms with Crippen LogP contribution in [0.25, 0.3) is 0 Å². The molecular formula is C10H24FN3. The van der Waals surface area contributed by atoms with Crippen LogP contribution in [0.1, 0.15) is 41.0 Å². The minimum Gasteiger partial charge on any atom is -0.404 e. The molecule has 0 aromatic heterocycles. The number of hydrogen-bond acceptors (Lipinski definition) is 3. The van der Waals surface area contributed by atoms with E-state index in [1.165, 1.54) is 12.4 Å². The summed E-state index contributed by atoms with van der Waals surface area (Å²) in [6.45, 7) is 9.90. The van der Waals surface area contributed by atoms with Crippen molar-refractivity contribution in [3.8, 4) is 0 Å². The predicted octanol–water partition coefficient (Wildman–Crippen LogP) is 2.57. The predicted molar refractivity (Wildman–Crippen MR) is 62.8 cm³/mol. The molecule has 0 amide bonds. The summed E-state index contributed by atoms with van der Waals surface area (Å²) in [4.78, 5) is 3.30. The first kappa shape index (κ1) is 18.8. The molecule has 4 heteroatoms. The van der Waals surface area contributed by atoms with E-state index in [1.54, 1.807) is 0 Å². The molecular weight excluding hydrogens is 181 g/mol. The maximum atomic E-state index is 11.8. The van der Waals surface area contributed by atoms with E-state index in [0.717, 1.165) is 12.0 Å². The van der Waals surface area contributed by atoms with Crippen molar-refractivity contribution in [3.05, 3.63) is 11.8 Å². The lowest BCUT2D eigenvalue weighted by atomic mass is 10.2. The second-order valence-electron chi connectivity index (χ2n) is 1.75. The summed E-state index contributed by atoms with van der Waals surface area (Å²) in [6, 6.07) is 0. The molecule has 0 aromatic carbocycles. The summed E-state index contributed by atoms with van der Waals surface area (Å²) in [5.41, 5.74) is 10.6. The molecule has 0 spiro atoms. The number of nitrogens with two attached hydrogens (primary N) is 2. The average molecular weight is 205 g/mol. The van der Waals surface area contributed by atoms with Crippen molar-refractivity contribution in [1.29, 1.82) is 0 Å². The first-order valence-electron chi connectivity index (χ1n) is 5.04. The average Bonchev–Trinajstić information content (AvgIpc) is 2.25. The van der Waals surface area contributed by atoms with Gasteiger partial charge < -0.3 is 5.73 Å². The van der Waals surface area contributed by atoms with Gasteiger partial charge in [0, 0.05) is 6.21 Å². The number of aliphatic imine (C=N–C) groups is 1. The van der Waals surface area contributed by atoms with E-state index in [4.69, 9.17) is 11.5 Å². The Kier molecular flexibility index (Phi) is 24.2. The van der Waals surface area contributed by atoms with Gasteiger partial charge in [-0.15, -0.1) is 0 Å². The van der Waals surface area contributed by atoms with Crippen LogP contribution in [0.15, 0.2) is 16.8 Å². The standard InChI is InChI=1S/C6H12FN3.2C2H6/c1-2-5(3-8)4-10-6(7)9;2*1-2/h3-4,6H,2,8-9H2,1H3;2*1-2H3/b5-3-,10-4+;;. The van der Waals surface area contributed by atoms with E-state index in [1.807, 2.05) is 34.6 Å². The largest absolute Gasteiger partial charge is 0.404 e. The zero-order chi connectivity index (χ0) is 12.0. The number of alkyl halides is 1. The fourth-order valence-corrected chi connectivity index (χ4v) is 0.419. The number of rotatable bonds is 3. The minimum absolute atomic E-state index is 0.729. The summed E-state index contributed by atoms with van der Waals surface area (Å²) in [6.07, 6.45) is 1.81. The van der Waals surface area contributed by atoms with Gasteiger partial charge in [-0.1, -0.05) is 34.6 Å². The van der Waals surface area contributed by atoms with Crippen molar-refractivity contribution >= 4 is 6.21 Å². The first-order chi connectivity index (χ1) is 6.70. The molecule has 0 aromatic rings. The van der Waals surface area contributed by atoms with Crippen LogP contribution in [0.2, 0.25) is 0 Å². The van der Waals surface area contributed by atoms with Gasteiger partial charge in [0.25, 0.3) is 0 Å². The molecule has 0 rings (SSSR count). The lowest BCUT2D eigenvalue weighted by Gasteiger charge is -1.94. The third-order valence-corrected chi connectivity index (χ3v) is 1.01. The SMILES string of the molecule is CC.CC.CCC(=C/N)/C=N/C(N)F. The van der Waals surface area contributed by atoms with Crippen LogP contribution >= 0.6 is 0 Å². The highest BCUT2D eigenvalue weighted by Gasteiger charge is 1.90. The van der Waals surface area contributed by atoms with E-state index in [9.17, 15) is 4.39 Å². The number of hydrogen-bond donors (Lipinski definition) is 2. The molecule has 0 saturated heterocycles. The Morgan fingerprint density at radius 3 is 2.00 bits per heavy atom. The van der Waals surface area contributed by atoms with Gasteiger partial charge in [0.2, 0.25) is 6.42 Å². The van der Waals surface area contributed by atoms with Crippen LogP contribution in [0.4, 0.5) is 4.39 Å². The Morgan fingerprint density at radius 1 is 1.36 bits per heavy atom. The number of allylic oxidation sites excluding steroid dienone is 1. The van der Waals surface area contributed by atoms with Gasteiger partial charge >= 0.3 is 0 Å². The molecule has 0 aliphatic carbocycles. The van der Waals surface area contributed by atoms with Gasteiger partial charge in [0.05, 0.1) is 0 Å². The van der Waals surface area contributed by atoms with Crippen LogP contribution in [0.3, 0.4) is 0 Å². The quantitative estimate of drug-likeness (QED) is 0.549. The fourth-order valence-electron chi connectivity index (χ4n) is 0.419. The van der Waals surface area contributed by atoms with Gasteiger partial charge in [-0.05, 0) is 18.2 Å². The smallest absolute Gasteiger partial charge is 0.241 e. The van der Waals surface area contributed by atoms with Crippen molar-refractivity contribution < 1.29 is 4.39 Å². The van der Waals surface area contributed by atoms with Crippen LogP contribution in [-0.4, -0.2) is 12.6 Å². The van der Waals surface area contributed by atoms with E-state index >= 15 is 0 Å². The molecule has 86 valence electrons. The lowest BCUT2D eigenvalue weighted by Crippen LogP contribution is -2.09. The topological polar surface area (TPSA) is 64.4 Å². The van der Waals surface area contributed by atoms with Gasteiger partial charge in [-0.2, -0.15) is 0 Å². The molecule has 0 aliphatic rings. The highest BCUT2D eigenvalue weighted by Crippen LogP contribution is 1.94. The molecule has 0 radical (unpaired) electrons. The number of halogens is 1. The zero-order valence-corrected chi connectivity index (χ0v) is 9.92. The van der Waals surface area contributed by atoms with Crippen LogP contribution < -0.4 is 11.5 Å². The highest BCUT2D eigenvalue weighted by molar-refractivity contribution is 5.78. The third-order valence-electron chi connectivity index (χ3n) is 1.01. The second kappa shape index (κ2) is 18.0. The Morgan fingerprint density at radius 2 is 1.79 bits per heavy atom. The number of nitrogens with zero attached hydrogens (tertiary/aromatic N) is 1. The van der Waals surface area contributed by atoms with E-state index in [-0.39, 0.29) is 0 Å². The maximum Gasteiger partial charge on any atom is 0.241 e. The molecule has 0 saturated carbocycles. The maximum absolute atomic E-state index is 11.8. The molecule has 1 atom stereocenters. The molecule has 3 nitrogen and oxygen atoms in total. The summed E-state index contributed by atoms with van der Waals surface area (Å²) in [5.74, 6) is 0. The molecule has 4 N–H and O–H groups in total. The lowest BCUT2D eigenvalue weighted by molar-refractivity contribution is 0.360. The van der Waals surface area contributed by atoms with Crippen LogP contribution in [-0.2, 0) is 0 Å². The molecule has 0 heterocycles. The Hall–Kier alpha value is -0.900. The van der Waals surface area contributed by atoms with E-state index in [0.29, 0.717) is 0 Å². The molecule has 0 aliphatic heterocycles. The Balaban J connectivity index is -0.000000266. The molecule has 1 unspecified atom stereocenters. The first-order valence-corrected chi connectivity index (χ1v) is 5.04. The zero-order valence-electron chi connectivity index (χ0n) is 9.92. The highest BCUT2D eigenvalue weighted by atomic mass is 19.1. The summed E-state index contributed by atoms with van der Waals surface area (Å²) in [7, 11) is 0. The van der Waals surface area contributed by atoms with Gasteiger partial charge in [-0.3, -0.25) is 5.73 Å². The normalized spacial score (nSPS) is 12.4. The van der Waals surface area contributed by atoms with Crippen molar-refractivity contribution in [1.82, 2.24) is 0 Å². The molecule has 0 bridgehead atoms. The summed E-state index contributed by atoms with van der Waals surface area (Å²) in [5, 5.41) is 0. The minimum atomic E-state index is -1.64. The van der Waals surface area contributed by atoms with Crippen LogP contribution in [0.5, 0.6) is 0 Å². The van der Waals surface area contributed by atoms with Gasteiger partial charge in [0.15, 0.2) is 0 Å². The summed E-state index contributed by atoms with van der Waals surface area (Å²) < 4.78 is 11.8. The van der Waals surface area contributed by atoms with E-state index in [2.05, 4.69) is 4.99 Å². The Labute approximate surface area is 87.1 Å². The molecule has 14 heavy (non-hydrogen) atoms. The van der Waals surface area contributed by atoms with Gasteiger partial charge in [0.1, 0.15) is 0 Å². The second-order valence-corrected chi connectivity index (χ2v) is 1.75. The van der Waals surface area contributed by atoms with E-state index < -0.39 is 6.42 Å².